The predicted octanol–water partition coefficient (Wildman–Crippen LogP) is 0.241. The molecule has 5 nitrogen and oxygen atoms in total. The van der Waals surface area contributed by atoms with E-state index in [0.29, 0.717) is 13.0 Å². The van der Waals surface area contributed by atoms with Crippen LogP contribution in [0.3, 0.4) is 0 Å². The van der Waals surface area contributed by atoms with Crippen LogP contribution in [0.15, 0.2) is 0 Å². The number of nitrogens with zero attached hydrogens (tertiary/aromatic N) is 1. The molecule has 5 heteroatoms. The normalized spacial score (nSPS) is 20.8. The van der Waals surface area contributed by atoms with Gasteiger partial charge in [0.25, 0.3) is 0 Å². The Bertz CT molecular complexity index is 277. The van der Waals surface area contributed by atoms with Crippen LogP contribution in [0.2, 0.25) is 0 Å². The number of carbonyl (C=O) groups is 2. The Hall–Kier alpha value is -1.10. The summed E-state index contributed by atoms with van der Waals surface area (Å²) in [6.45, 7) is 4.71. The highest BCUT2D eigenvalue weighted by atomic mass is 16.2. The maximum absolute atomic E-state index is 11.7. The van der Waals surface area contributed by atoms with Gasteiger partial charge in [-0.05, 0) is 19.3 Å². The van der Waals surface area contributed by atoms with E-state index < -0.39 is 0 Å². The van der Waals surface area contributed by atoms with Crippen molar-refractivity contribution in [3.63, 3.8) is 0 Å². The number of amides is 2. The number of nitrogens with two attached hydrogens (primary N) is 1. The van der Waals surface area contributed by atoms with Crippen molar-refractivity contribution in [3.05, 3.63) is 0 Å². The monoisotopic (exact) mass is 241 g/mol. The molecule has 0 aliphatic carbocycles. The van der Waals surface area contributed by atoms with Gasteiger partial charge in [0.05, 0.1) is 6.54 Å². The summed E-state index contributed by atoms with van der Waals surface area (Å²) in [5.41, 5.74) is 5.79. The highest BCUT2D eigenvalue weighted by molar-refractivity contribution is 5.85. The Kier molecular flexibility index (Phi) is 5.41. The highest BCUT2D eigenvalue weighted by Crippen LogP contribution is 2.09. The van der Waals surface area contributed by atoms with Gasteiger partial charge in [-0.3, -0.25) is 9.59 Å². The first-order valence-electron chi connectivity index (χ1n) is 6.39. The number of piperidine rings is 1. The van der Waals surface area contributed by atoms with Crippen LogP contribution in [0.4, 0.5) is 0 Å². The molecule has 1 aliphatic rings. The Labute approximate surface area is 103 Å². The third-order valence-electron chi connectivity index (χ3n) is 3.22. The fourth-order valence-corrected chi connectivity index (χ4v) is 2.04. The van der Waals surface area contributed by atoms with Gasteiger partial charge in [-0.1, -0.05) is 13.8 Å². The Morgan fingerprint density at radius 2 is 2.18 bits per heavy atom. The molecule has 0 aromatic carbocycles. The van der Waals surface area contributed by atoms with Crippen molar-refractivity contribution in [2.24, 2.45) is 5.73 Å². The molecule has 0 aromatic rings. The Balaban J connectivity index is 2.41. The molecule has 1 rings (SSSR count). The SMILES string of the molecule is CCC(CC)NC(=O)CN1CC(N)CCC1=O. The van der Waals surface area contributed by atoms with Gasteiger partial charge < -0.3 is 16.0 Å². The molecule has 0 radical (unpaired) electrons. The van der Waals surface area contributed by atoms with E-state index in [1.807, 2.05) is 13.8 Å². The fraction of sp³-hybridized carbons (Fsp3) is 0.833. The van der Waals surface area contributed by atoms with Crippen LogP contribution in [0.5, 0.6) is 0 Å². The second kappa shape index (κ2) is 6.59. The smallest absolute Gasteiger partial charge is 0.239 e. The van der Waals surface area contributed by atoms with Crippen LogP contribution in [0.1, 0.15) is 39.5 Å². The van der Waals surface area contributed by atoms with Crippen molar-refractivity contribution in [2.45, 2.75) is 51.6 Å². The third kappa shape index (κ3) is 4.34. The summed E-state index contributed by atoms with van der Waals surface area (Å²) in [5.74, 6) is -0.0486. The molecule has 0 spiro atoms. The molecule has 1 unspecified atom stereocenters. The van der Waals surface area contributed by atoms with Gasteiger partial charge in [0, 0.05) is 25.0 Å². The van der Waals surface area contributed by atoms with E-state index in [1.54, 1.807) is 4.90 Å². The molecule has 98 valence electrons. The summed E-state index contributed by atoms with van der Waals surface area (Å²) in [6.07, 6.45) is 3.01. The lowest BCUT2D eigenvalue weighted by Crippen LogP contribution is -2.50. The van der Waals surface area contributed by atoms with Crippen LogP contribution < -0.4 is 11.1 Å². The van der Waals surface area contributed by atoms with Crippen molar-refractivity contribution < 1.29 is 9.59 Å². The molecule has 1 heterocycles. The first-order chi connectivity index (χ1) is 8.06. The molecule has 17 heavy (non-hydrogen) atoms. The highest BCUT2D eigenvalue weighted by Gasteiger charge is 2.25. The molecule has 0 bridgehead atoms. The summed E-state index contributed by atoms with van der Waals surface area (Å²) in [7, 11) is 0. The average molecular weight is 241 g/mol. The lowest BCUT2D eigenvalue weighted by Gasteiger charge is -2.30. The fourth-order valence-electron chi connectivity index (χ4n) is 2.04. The first kappa shape index (κ1) is 14.0. The number of hydrogen-bond acceptors (Lipinski definition) is 3. The molecule has 1 saturated heterocycles. The minimum Gasteiger partial charge on any atom is -0.352 e. The Morgan fingerprint density at radius 3 is 2.76 bits per heavy atom. The maximum Gasteiger partial charge on any atom is 0.239 e. The molecule has 1 fully saturated rings. The molecule has 0 saturated carbocycles. The van der Waals surface area contributed by atoms with E-state index in [9.17, 15) is 9.59 Å². The van der Waals surface area contributed by atoms with E-state index in [-0.39, 0.29) is 30.4 Å². The summed E-state index contributed by atoms with van der Waals surface area (Å²) < 4.78 is 0. The van der Waals surface area contributed by atoms with Gasteiger partial charge in [0.1, 0.15) is 0 Å². The first-order valence-corrected chi connectivity index (χ1v) is 6.39. The number of carbonyl (C=O) groups excluding carboxylic acids is 2. The Morgan fingerprint density at radius 1 is 1.53 bits per heavy atom. The average Bonchev–Trinajstić information content (AvgIpc) is 2.31. The largest absolute Gasteiger partial charge is 0.352 e. The van der Waals surface area contributed by atoms with Crippen LogP contribution >= 0.6 is 0 Å². The minimum absolute atomic E-state index is 0.00801. The third-order valence-corrected chi connectivity index (χ3v) is 3.22. The van der Waals surface area contributed by atoms with Crippen LogP contribution in [-0.4, -0.2) is 41.9 Å². The zero-order chi connectivity index (χ0) is 12.8. The number of nitrogens with one attached hydrogen (secondary N) is 1. The van der Waals surface area contributed by atoms with Crippen molar-refractivity contribution >= 4 is 11.8 Å². The summed E-state index contributed by atoms with van der Waals surface area (Å²) in [6, 6.07) is 0.213. The van der Waals surface area contributed by atoms with Crippen molar-refractivity contribution in [1.82, 2.24) is 10.2 Å². The second-order valence-corrected chi connectivity index (χ2v) is 4.65. The van der Waals surface area contributed by atoms with Gasteiger partial charge in [0.15, 0.2) is 0 Å². The minimum atomic E-state index is -0.0823. The van der Waals surface area contributed by atoms with Crippen LogP contribution in [0, 0.1) is 0 Å². The number of hydrogen-bond donors (Lipinski definition) is 2. The maximum atomic E-state index is 11.7. The van der Waals surface area contributed by atoms with Gasteiger partial charge in [-0.25, -0.2) is 0 Å². The number of rotatable bonds is 5. The van der Waals surface area contributed by atoms with Gasteiger partial charge >= 0.3 is 0 Å². The number of likely N-dealkylation sites (tertiary alicyclic amines) is 1. The van der Waals surface area contributed by atoms with Crippen molar-refractivity contribution in [1.29, 1.82) is 0 Å². The molecule has 3 N–H and O–H groups in total. The van der Waals surface area contributed by atoms with E-state index in [1.165, 1.54) is 0 Å². The summed E-state index contributed by atoms with van der Waals surface area (Å²) in [5, 5.41) is 2.93. The standard InChI is InChI=1S/C12H23N3O2/c1-3-10(4-2)14-11(16)8-15-7-9(13)5-6-12(15)17/h9-10H,3-8,13H2,1-2H3,(H,14,16). The molecule has 2 amide bonds. The molecule has 1 aliphatic heterocycles. The zero-order valence-electron chi connectivity index (χ0n) is 10.7. The topological polar surface area (TPSA) is 75.4 Å². The molecular weight excluding hydrogens is 218 g/mol. The van der Waals surface area contributed by atoms with Crippen LogP contribution in [-0.2, 0) is 9.59 Å². The molecule has 1 atom stereocenters. The predicted molar refractivity (Wildman–Crippen MR) is 66.3 cm³/mol. The van der Waals surface area contributed by atoms with E-state index >= 15 is 0 Å². The van der Waals surface area contributed by atoms with Crippen molar-refractivity contribution in [2.75, 3.05) is 13.1 Å². The van der Waals surface area contributed by atoms with Gasteiger partial charge in [-0.2, -0.15) is 0 Å². The second-order valence-electron chi connectivity index (χ2n) is 4.65. The molecular formula is C12H23N3O2. The van der Waals surface area contributed by atoms with E-state index in [4.69, 9.17) is 5.73 Å². The van der Waals surface area contributed by atoms with Crippen molar-refractivity contribution in [3.8, 4) is 0 Å². The molecule has 0 aromatic heterocycles. The van der Waals surface area contributed by atoms with E-state index in [0.717, 1.165) is 19.3 Å². The quantitative estimate of drug-likeness (QED) is 0.724. The lowest BCUT2D eigenvalue weighted by molar-refractivity contribution is -0.138. The van der Waals surface area contributed by atoms with Gasteiger partial charge in [0.2, 0.25) is 11.8 Å². The summed E-state index contributed by atoms with van der Waals surface area (Å²) >= 11 is 0. The van der Waals surface area contributed by atoms with Gasteiger partial charge in [-0.15, -0.1) is 0 Å². The lowest BCUT2D eigenvalue weighted by atomic mass is 10.1. The summed E-state index contributed by atoms with van der Waals surface area (Å²) in [4.78, 5) is 24.9. The van der Waals surface area contributed by atoms with Crippen LogP contribution in [0.25, 0.3) is 0 Å². The zero-order valence-corrected chi connectivity index (χ0v) is 10.7. The van der Waals surface area contributed by atoms with E-state index in [2.05, 4.69) is 5.32 Å².